The van der Waals surface area contributed by atoms with Gasteiger partial charge in [-0.05, 0) is 31.9 Å². The molecule has 8 heteroatoms. The summed E-state index contributed by atoms with van der Waals surface area (Å²) in [5.74, 6) is -0.0176. The highest BCUT2D eigenvalue weighted by Gasteiger charge is 2.18. The van der Waals surface area contributed by atoms with Gasteiger partial charge in [0.1, 0.15) is 16.9 Å². The summed E-state index contributed by atoms with van der Waals surface area (Å²) in [6.45, 7) is 8.42. The summed E-state index contributed by atoms with van der Waals surface area (Å²) in [5, 5.41) is 9.12. The molecule has 0 aliphatic rings. The van der Waals surface area contributed by atoms with Crippen LogP contribution in [0.25, 0.3) is 21.9 Å². The van der Waals surface area contributed by atoms with E-state index in [-0.39, 0.29) is 6.42 Å². The largest absolute Gasteiger partial charge is 0.495 e. The fourth-order valence-corrected chi connectivity index (χ4v) is 4.06. The van der Waals surface area contributed by atoms with E-state index in [0.717, 1.165) is 39.9 Å². The first kappa shape index (κ1) is 23.4. The number of benzene rings is 2. The molecule has 0 saturated heterocycles. The maximum atomic E-state index is 12.5. The van der Waals surface area contributed by atoms with Gasteiger partial charge in [-0.1, -0.05) is 32.0 Å². The molecule has 0 aliphatic carbocycles. The number of methoxy groups -OCH3 is 1. The van der Waals surface area contributed by atoms with E-state index in [2.05, 4.69) is 24.3 Å². The van der Waals surface area contributed by atoms with Crippen molar-refractivity contribution in [3.05, 3.63) is 53.3 Å². The van der Waals surface area contributed by atoms with Crippen LogP contribution in [0.2, 0.25) is 0 Å². The minimum atomic E-state index is -0.481. The molecule has 0 bridgehead atoms. The average molecular weight is 464 g/mol. The number of aromatic nitrogens is 2. The molecule has 0 unspecified atom stereocenters. The normalized spacial score (nSPS) is 11.4. The molecule has 0 aliphatic heterocycles. The Balaban J connectivity index is 1.41. The van der Waals surface area contributed by atoms with Gasteiger partial charge in [0.05, 0.1) is 24.9 Å². The fraction of sp³-hybridized carbons (Fsp3) is 0.346. The first-order valence-electron chi connectivity index (χ1n) is 11.2. The SMILES string of the molecule is COc1cc2c(cc1NC(=O)COC(=O)Cc1c(C)nn(CC(C)C)c1C)oc1ccccc12. The van der Waals surface area contributed by atoms with Gasteiger partial charge in [0.2, 0.25) is 0 Å². The predicted molar refractivity (Wildman–Crippen MR) is 130 cm³/mol. The summed E-state index contributed by atoms with van der Waals surface area (Å²) < 4.78 is 18.5. The summed E-state index contributed by atoms with van der Waals surface area (Å²) >= 11 is 0. The number of para-hydroxylation sites is 1. The van der Waals surface area contributed by atoms with Crippen molar-refractivity contribution in [2.24, 2.45) is 5.92 Å². The third-order valence-corrected chi connectivity index (χ3v) is 5.73. The number of carbonyl (C=O) groups is 2. The van der Waals surface area contributed by atoms with Gasteiger partial charge < -0.3 is 19.2 Å². The molecule has 2 aromatic carbocycles. The Labute approximate surface area is 197 Å². The molecule has 178 valence electrons. The van der Waals surface area contributed by atoms with Crippen molar-refractivity contribution in [1.29, 1.82) is 0 Å². The Morgan fingerprint density at radius 2 is 1.88 bits per heavy atom. The van der Waals surface area contributed by atoms with Gasteiger partial charge >= 0.3 is 5.97 Å². The standard InChI is InChI=1S/C26H29N3O5/c1-15(2)13-29-17(4)19(16(3)28-29)11-26(31)33-14-25(30)27-21-12-23-20(10-24(21)32-5)18-8-6-7-9-22(18)34-23/h6-10,12,15H,11,13-14H2,1-5H3,(H,27,30). The molecule has 0 saturated carbocycles. The van der Waals surface area contributed by atoms with Crippen LogP contribution in [0.5, 0.6) is 5.75 Å². The number of fused-ring (bicyclic) bond motifs is 3. The van der Waals surface area contributed by atoms with Gasteiger partial charge in [0.15, 0.2) is 6.61 Å². The number of carbonyl (C=O) groups excluding carboxylic acids is 2. The lowest BCUT2D eigenvalue weighted by atomic mass is 10.1. The van der Waals surface area contributed by atoms with Crippen molar-refractivity contribution in [2.75, 3.05) is 19.0 Å². The molecule has 2 aromatic heterocycles. The monoisotopic (exact) mass is 463 g/mol. The highest BCUT2D eigenvalue weighted by atomic mass is 16.5. The van der Waals surface area contributed by atoms with Crippen LogP contribution in [0.4, 0.5) is 5.69 Å². The zero-order valence-corrected chi connectivity index (χ0v) is 20.1. The predicted octanol–water partition coefficient (Wildman–Crippen LogP) is 4.79. The van der Waals surface area contributed by atoms with Crippen LogP contribution >= 0.6 is 0 Å². The number of aryl methyl sites for hydroxylation is 1. The molecule has 0 fully saturated rings. The number of hydrogen-bond donors (Lipinski definition) is 1. The van der Waals surface area contributed by atoms with Crippen LogP contribution in [0.15, 0.2) is 40.8 Å². The maximum absolute atomic E-state index is 12.5. The average Bonchev–Trinajstić information content (AvgIpc) is 3.28. The molecule has 0 spiro atoms. The summed E-state index contributed by atoms with van der Waals surface area (Å²) in [7, 11) is 1.53. The molecule has 1 amide bonds. The Morgan fingerprint density at radius 3 is 2.62 bits per heavy atom. The molecular weight excluding hydrogens is 434 g/mol. The third-order valence-electron chi connectivity index (χ3n) is 5.73. The van der Waals surface area contributed by atoms with Crippen LogP contribution in [0, 0.1) is 19.8 Å². The summed E-state index contributed by atoms with van der Waals surface area (Å²) in [6.07, 6.45) is 0.0668. The van der Waals surface area contributed by atoms with Crippen molar-refractivity contribution in [3.63, 3.8) is 0 Å². The summed E-state index contributed by atoms with van der Waals surface area (Å²) in [6, 6.07) is 11.2. The van der Waals surface area contributed by atoms with Crippen molar-refractivity contribution < 1.29 is 23.5 Å². The lowest BCUT2D eigenvalue weighted by Gasteiger charge is -2.11. The van der Waals surface area contributed by atoms with Crippen LogP contribution in [-0.4, -0.2) is 35.4 Å². The Morgan fingerprint density at radius 1 is 1.12 bits per heavy atom. The highest BCUT2D eigenvalue weighted by molar-refractivity contribution is 6.07. The van der Waals surface area contributed by atoms with E-state index >= 15 is 0 Å². The van der Waals surface area contributed by atoms with E-state index in [4.69, 9.17) is 13.9 Å². The molecule has 2 heterocycles. The number of anilines is 1. The number of nitrogens with zero attached hydrogens (tertiary/aromatic N) is 2. The first-order valence-corrected chi connectivity index (χ1v) is 11.2. The molecule has 1 N–H and O–H groups in total. The van der Waals surface area contributed by atoms with Gasteiger partial charge in [-0.15, -0.1) is 0 Å². The molecule has 0 atom stereocenters. The van der Waals surface area contributed by atoms with E-state index in [9.17, 15) is 9.59 Å². The van der Waals surface area contributed by atoms with Gasteiger partial charge in [-0.25, -0.2) is 0 Å². The second-order valence-corrected chi connectivity index (χ2v) is 8.76. The molecule has 34 heavy (non-hydrogen) atoms. The minimum Gasteiger partial charge on any atom is -0.495 e. The quantitative estimate of drug-likeness (QED) is 0.378. The van der Waals surface area contributed by atoms with Crippen molar-refractivity contribution in [2.45, 2.75) is 40.7 Å². The van der Waals surface area contributed by atoms with E-state index < -0.39 is 18.5 Å². The Hall–Kier alpha value is -3.81. The van der Waals surface area contributed by atoms with Crippen molar-refractivity contribution in [1.82, 2.24) is 9.78 Å². The molecule has 4 rings (SSSR count). The zero-order chi connectivity index (χ0) is 24.4. The van der Waals surface area contributed by atoms with Crippen LogP contribution < -0.4 is 10.1 Å². The van der Waals surface area contributed by atoms with Crippen LogP contribution in [-0.2, 0) is 27.3 Å². The lowest BCUT2D eigenvalue weighted by Crippen LogP contribution is -2.22. The third kappa shape index (κ3) is 4.76. The van der Waals surface area contributed by atoms with Gasteiger partial charge in [0, 0.05) is 34.6 Å². The van der Waals surface area contributed by atoms with E-state index in [1.807, 2.05) is 48.9 Å². The van der Waals surface area contributed by atoms with E-state index in [1.54, 1.807) is 6.07 Å². The molecular formula is C26H29N3O5. The number of hydrogen-bond acceptors (Lipinski definition) is 6. The zero-order valence-electron chi connectivity index (χ0n) is 20.1. The van der Waals surface area contributed by atoms with Crippen LogP contribution in [0.1, 0.15) is 30.8 Å². The summed E-state index contributed by atoms with van der Waals surface area (Å²) in [4.78, 5) is 24.9. The second-order valence-electron chi connectivity index (χ2n) is 8.76. The highest BCUT2D eigenvalue weighted by Crippen LogP contribution is 2.36. The maximum Gasteiger partial charge on any atom is 0.310 e. The van der Waals surface area contributed by atoms with Crippen molar-refractivity contribution >= 4 is 39.5 Å². The second kappa shape index (κ2) is 9.59. The first-order chi connectivity index (χ1) is 16.3. The van der Waals surface area contributed by atoms with Crippen molar-refractivity contribution in [3.8, 4) is 5.75 Å². The number of ether oxygens (including phenoxy) is 2. The van der Waals surface area contributed by atoms with E-state index in [0.29, 0.717) is 22.9 Å². The minimum absolute atomic E-state index is 0.0668. The number of nitrogens with one attached hydrogen (secondary N) is 1. The Bertz CT molecular complexity index is 1370. The number of rotatable bonds is 8. The number of amides is 1. The topological polar surface area (TPSA) is 95.6 Å². The summed E-state index contributed by atoms with van der Waals surface area (Å²) in [5.41, 5.74) is 4.39. The molecule has 4 aromatic rings. The van der Waals surface area contributed by atoms with Gasteiger partial charge in [-0.3, -0.25) is 14.3 Å². The molecule has 8 nitrogen and oxygen atoms in total. The van der Waals surface area contributed by atoms with Gasteiger partial charge in [0.25, 0.3) is 5.91 Å². The lowest BCUT2D eigenvalue weighted by molar-refractivity contribution is -0.146. The van der Waals surface area contributed by atoms with E-state index in [1.165, 1.54) is 7.11 Å². The molecule has 0 radical (unpaired) electrons. The fourth-order valence-electron chi connectivity index (χ4n) is 4.06. The number of furan rings is 1. The van der Waals surface area contributed by atoms with Crippen LogP contribution in [0.3, 0.4) is 0 Å². The van der Waals surface area contributed by atoms with Gasteiger partial charge in [-0.2, -0.15) is 5.10 Å². The number of esters is 1. The Kier molecular flexibility index (Phi) is 6.58. The smallest absolute Gasteiger partial charge is 0.310 e.